The summed E-state index contributed by atoms with van der Waals surface area (Å²) in [5, 5.41) is 17.9. The summed E-state index contributed by atoms with van der Waals surface area (Å²) in [5.41, 5.74) is 1.48. The van der Waals surface area contributed by atoms with E-state index >= 15 is 0 Å². The summed E-state index contributed by atoms with van der Waals surface area (Å²) in [6.07, 6.45) is -1.29. The lowest BCUT2D eigenvalue weighted by atomic mass is 10.0. The van der Waals surface area contributed by atoms with Gasteiger partial charge in [-0.3, -0.25) is 14.8 Å². The molecule has 1 aliphatic heterocycles. The lowest BCUT2D eigenvalue weighted by Gasteiger charge is -2.35. The molecule has 1 saturated heterocycles. The van der Waals surface area contributed by atoms with Crippen molar-refractivity contribution in [1.29, 1.82) is 0 Å². The second kappa shape index (κ2) is 10.7. The van der Waals surface area contributed by atoms with Gasteiger partial charge in [0, 0.05) is 19.2 Å². The molecule has 2 aromatic carbocycles. The van der Waals surface area contributed by atoms with Gasteiger partial charge in [-0.1, -0.05) is 0 Å². The van der Waals surface area contributed by atoms with Crippen LogP contribution in [0.5, 0.6) is 11.5 Å². The van der Waals surface area contributed by atoms with Crippen LogP contribution in [0.2, 0.25) is 0 Å². The first-order valence-corrected chi connectivity index (χ1v) is 11.5. The Balaban J connectivity index is 1.82. The first-order valence-electron chi connectivity index (χ1n) is 10.0. The van der Waals surface area contributed by atoms with E-state index in [4.69, 9.17) is 19.8 Å². The number of aliphatic carboxylic acids is 1. The van der Waals surface area contributed by atoms with Crippen molar-refractivity contribution in [2.75, 3.05) is 13.2 Å². The fraction of sp³-hybridized carbons (Fsp3) is 0.333. The molecule has 10 nitrogen and oxygen atoms in total. The highest BCUT2D eigenvalue weighted by Gasteiger charge is 2.37. The Kier molecular flexibility index (Phi) is 7.97. The molecule has 178 valence electrons. The lowest BCUT2D eigenvalue weighted by Crippen LogP contribution is -2.49. The molecule has 1 fully saturated rings. The zero-order valence-electron chi connectivity index (χ0n) is 17.4. The molecule has 0 bridgehead atoms. The first kappa shape index (κ1) is 24.6. The predicted octanol–water partition coefficient (Wildman–Crippen LogP) is 2.14. The molecule has 0 spiro atoms. The fourth-order valence-electron chi connectivity index (χ4n) is 3.45. The Hall–Kier alpha value is -3.06. The molecule has 0 radical (unpaired) electrons. The standard InChI is InChI=1S/C21H23FN2O8S/c22-14-1-3-16(4-2-14)32-17-5-7-18(8-6-17)33(29,30)24(11-9-20(25)26)15-10-12-31-19(13-15)21(27)23-28/h1-8,15,19,28H,9-13H2,(H,23,27)(H,25,26). The quantitative estimate of drug-likeness (QED) is 0.364. The number of rotatable bonds is 9. The van der Waals surface area contributed by atoms with Crippen LogP contribution < -0.4 is 10.2 Å². The molecule has 1 aliphatic rings. The van der Waals surface area contributed by atoms with E-state index in [1.807, 2.05) is 0 Å². The molecule has 12 heteroatoms. The van der Waals surface area contributed by atoms with Crippen LogP contribution in [0, 0.1) is 5.82 Å². The maximum atomic E-state index is 13.4. The highest BCUT2D eigenvalue weighted by molar-refractivity contribution is 7.89. The summed E-state index contributed by atoms with van der Waals surface area (Å²) in [7, 11) is -4.13. The molecular formula is C21H23FN2O8S. The second-order valence-corrected chi connectivity index (χ2v) is 9.19. The lowest BCUT2D eigenvalue weighted by molar-refractivity contribution is -0.146. The number of carbonyl (C=O) groups excluding carboxylic acids is 1. The number of nitrogens with one attached hydrogen (secondary N) is 1. The van der Waals surface area contributed by atoms with Gasteiger partial charge in [0.15, 0.2) is 0 Å². The Bertz CT molecular complexity index is 1080. The highest BCUT2D eigenvalue weighted by atomic mass is 32.2. The fourth-order valence-corrected chi connectivity index (χ4v) is 5.12. The van der Waals surface area contributed by atoms with Gasteiger partial charge in [-0.15, -0.1) is 0 Å². The Labute approximate surface area is 189 Å². The van der Waals surface area contributed by atoms with E-state index in [1.165, 1.54) is 54.0 Å². The van der Waals surface area contributed by atoms with Gasteiger partial charge in [-0.05, 0) is 61.4 Å². The number of nitrogens with zero attached hydrogens (tertiary/aromatic N) is 1. The van der Waals surface area contributed by atoms with E-state index in [0.717, 1.165) is 4.31 Å². The third kappa shape index (κ3) is 6.26. The van der Waals surface area contributed by atoms with Gasteiger partial charge in [0.1, 0.15) is 23.4 Å². The average Bonchev–Trinajstić information content (AvgIpc) is 2.80. The van der Waals surface area contributed by atoms with Crippen molar-refractivity contribution in [3.8, 4) is 11.5 Å². The van der Waals surface area contributed by atoms with Gasteiger partial charge in [-0.2, -0.15) is 4.31 Å². The van der Waals surface area contributed by atoms with Crippen LogP contribution in [0.3, 0.4) is 0 Å². The van der Waals surface area contributed by atoms with Gasteiger partial charge < -0.3 is 14.6 Å². The van der Waals surface area contributed by atoms with E-state index in [-0.39, 0.29) is 30.9 Å². The van der Waals surface area contributed by atoms with Crippen molar-refractivity contribution in [3.63, 3.8) is 0 Å². The molecule has 3 rings (SSSR count). The molecule has 2 atom stereocenters. The maximum Gasteiger partial charge on any atom is 0.304 e. The zero-order chi connectivity index (χ0) is 24.0. The molecule has 0 aromatic heterocycles. The summed E-state index contributed by atoms with van der Waals surface area (Å²) in [6, 6.07) is 10.1. The van der Waals surface area contributed by atoms with Crippen LogP contribution in [-0.4, -0.2) is 60.2 Å². The summed E-state index contributed by atoms with van der Waals surface area (Å²) in [6.45, 7) is -0.240. The number of carboxylic acid groups (broad SMARTS) is 1. The van der Waals surface area contributed by atoms with Crippen LogP contribution in [-0.2, 0) is 24.3 Å². The normalized spacial score (nSPS) is 18.6. The number of carboxylic acids is 1. The van der Waals surface area contributed by atoms with Crippen molar-refractivity contribution in [1.82, 2.24) is 9.79 Å². The molecule has 0 saturated carbocycles. The van der Waals surface area contributed by atoms with Crippen molar-refractivity contribution in [2.24, 2.45) is 0 Å². The molecule has 33 heavy (non-hydrogen) atoms. The molecule has 2 unspecified atom stereocenters. The van der Waals surface area contributed by atoms with Crippen LogP contribution in [0.25, 0.3) is 0 Å². The third-order valence-electron chi connectivity index (χ3n) is 5.09. The van der Waals surface area contributed by atoms with Crippen molar-refractivity contribution >= 4 is 21.9 Å². The number of halogens is 1. The summed E-state index contributed by atoms with van der Waals surface area (Å²) in [5.74, 6) is -1.71. The van der Waals surface area contributed by atoms with Gasteiger partial charge in [-0.25, -0.2) is 18.3 Å². The van der Waals surface area contributed by atoms with Crippen LogP contribution in [0.15, 0.2) is 53.4 Å². The Morgan fingerprint density at radius 3 is 2.30 bits per heavy atom. The minimum atomic E-state index is -4.13. The number of benzene rings is 2. The summed E-state index contributed by atoms with van der Waals surface area (Å²) < 4.78 is 51.7. The van der Waals surface area contributed by atoms with Crippen LogP contribution in [0.1, 0.15) is 19.3 Å². The average molecular weight is 482 g/mol. The van der Waals surface area contributed by atoms with Crippen molar-refractivity contribution in [2.45, 2.75) is 36.3 Å². The number of hydrogen-bond acceptors (Lipinski definition) is 7. The maximum absolute atomic E-state index is 13.4. The minimum absolute atomic E-state index is 0.0446. The summed E-state index contributed by atoms with van der Waals surface area (Å²) >= 11 is 0. The number of ether oxygens (including phenoxy) is 2. The Morgan fingerprint density at radius 2 is 1.73 bits per heavy atom. The topological polar surface area (TPSA) is 142 Å². The second-order valence-electron chi connectivity index (χ2n) is 7.30. The van der Waals surface area contributed by atoms with Gasteiger partial charge in [0.25, 0.3) is 5.91 Å². The van der Waals surface area contributed by atoms with E-state index in [9.17, 15) is 22.4 Å². The predicted molar refractivity (Wildman–Crippen MR) is 112 cm³/mol. The van der Waals surface area contributed by atoms with E-state index in [2.05, 4.69) is 0 Å². The number of hydrogen-bond donors (Lipinski definition) is 3. The summed E-state index contributed by atoms with van der Waals surface area (Å²) in [4.78, 5) is 22.8. The van der Waals surface area contributed by atoms with Crippen LogP contribution in [0.4, 0.5) is 4.39 Å². The molecule has 2 aromatic rings. The van der Waals surface area contributed by atoms with Crippen LogP contribution >= 0.6 is 0 Å². The first-order chi connectivity index (χ1) is 15.7. The monoisotopic (exact) mass is 482 g/mol. The molecule has 1 amide bonds. The molecule has 1 heterocycles. The van der Waals surface area contributed by atoms with Crippen molar-refractivity contribution in [3.05, 3.63) is 54.3 Å². The van der Waals surface area contributed by atoms with E-state index in [0.29, 0.717) is 11.5 Å². The number of carbonyl (C=O) groups is 2. The number of hydroxylamine groups is 1. The largest absolute Gasteiger partial charge is 0.481 e. The smallest absolute Gasteiger partial charge is 0.304 e. The van der Waals surface area contributed by atoms with Crippen molar-refractivity contribution < 1.29 is 42.2 Å². The van der Waals surface area contributed by atoms with Gasteiger partial charge in [0.05, 0.1) is 11.3 Å². The van der Waals surface area contributed by atoms with E-state index < -0.39 is 46.3 Å². The molecule has 3 N–H and O–H groups in total. The van der Waals surface area contributed by atoms with Gasteiger partial charge >= 0.3 is 5.97 Å². The van der Waals surface area contributed by atoms with E-state index in [1.54, 1.807) is 0 Å². The molecular weight excluding hydrogens is 459 g/mol. The number of amides is 1. The highest BCUT2D eigenvalue weighted by Crippen LogP contribution is 2.28. The third-order valence-corrected chi connectivity index (χ3v) is 7.06. The SMILES string of the molecule is O=C(O)CCN(C1CCOC(C(=O)NO)C1)S(=O)(=O)c1ccc(Oc2ccc(F)cc2)cc1. The Morgan fingerprint density at radius 1 is 1.12 bits per heavy atom. The minimum Gasteiger partial charge on any atom is -0.481 e. The number of sulfonamides is 1. The van der Waals surface area contributed by atoms with Gasteiger partial charge in [0.2, 0.25) is 10.0 Å². The molecule has 0 aliphatic carbocycles. The zero-order valence-corrected chi connectivity index (χ0v) is 18.2.